The second-order valence-electron chi connectivity index (χ2n) is 5.61. The van der Waals surface area contributed by atoms with Crippen LogP contribution in [-0.2, 0) is 0 Å². The highest BCUT2D eigenvalue weighted by molar-refractivity contribution is 5.96. The van der Waals surface area contributed by atoms with Crippen molar-refractivity contribution in [3.63, 3.8) is 0 Å². The largest absolute Gasteiger partial charge is 0.367 e. The molecule has 0 aliphatic heterocycles. The van der Waals surface area contributed by atoms with Crippen molar-refractivity contribution in [2.75, 3.05) is 23.7 Å². The molecule has 3 amide bonds. The second kappa shape index (κ2) is 9.21. The summed E-state index contributed by atoms with van der Waals surface area (Å²) in [4.78, 5) is 31.9. The van der Waals surface area contributed by atoms with Crippen LogP contribution in [0.1, 0.15) is 24.2 Å². The molecule has 0 spiro atoms. The number of nitrogens with one attached hydrogen (secondary N) is 4. The van der Waals surface area contributed by atoms with Crippen molar-refractivity contribution < 1.29 is 9.59 Å². The van der Waals surface area contributed by atoms with Gasteiger partial charge in [0, 0.05) is 42.8 Å². The van der Waals surface area contributed by atoms with Crippen molar-refractivity contribution in [1.29, 1.82) is 0 Å². The molecule has 0 radical (unpaired) electrons. The number of benzene rings is 1. The van der Waals surface area contributed by atoms with E-state index in [1.807, 2.05) is 13.8 Å². The number of anilines is 2. The van der Waals surface area contributed by atoms with Gasteiger partial charge in [0.1, 0.15) is 5.82 Å². The zero-order valence-electron chi connectivity index (χ0n) is 14.2. The SMILES string of the molecule is CC(C)NC(=O)Nc1cccc(C(=O)NCCNc2cnccn2)c1. The van der Waals surface area contributed by atoms with Gasteiger partial charge in [-0.15, -0.1) is 0 Å². The molecule has 8 nitrogen and oxygen atoms in total. The molecule has 0 fully saturated rings. The molecule has 0 saturated carbocycles. The molecule has 0 aliphatic carbocycles. The van der Waals surface area contributed by atoms with Gasteiger partial charge in [0.2, 0.25) is 0 Å². The summed E-state index contributed by atoms with van der Waals surface area (Å²) in [5.41, 5.74) is 1.03. The summed E-state index contributed by atoms with van der Waals surface area (Å²) in [6, 6.07) is 6.50. The van der Waals surface area contributed by atoms with Crippen LogP contribution in [0.2, 0.25) is 0 Å². The fourth-order valence-corrected chi connectivity index (χ4v) is 2.03. The fraction of sp³-hybridized carbons (Fsp3) is 0.294. The minimum Gasteiger partial charge on any atom is -0.367 e. The van der Waals surface area contributed by atoms with Crippen LogP contribution in [0.4, 0.5) is 16.3 Å². The molecular formula is C17H22N6O2. The minimum absolute atomic E-state index is 0.0354. The van der Waals surface area contributed by atoms with Crippen LogP contribution in [-0.4, -0.2) is 41.0 Å². The molecule has 8 heteroatoms. The number of aromatic nitrogens is 2. The molecule has 0 bridgehead atoms. The maximum Gasteiger partial charge on any atom is 0.319 e. The quantitative estimate of drug-likeness (QED) is 0.574. The van der Waals surface area contributed by atoms with E-state index < -0.39 is 0 Å². The molecule has 0 saturated heterocycles. The topological polar surface area (TPSA) is 108 Å². The molecule has 1 aromatic carbocycles. The van der Waals surface area contributed by atoms with Crippen LogP contribution in [0.5, 0.6) is 0 Å². The van der Waals surface area contributed by atoms with Gasteiger partial charge in [0.15, 0.2) is 0 Å². The normalized spacial score (nSPS) is 10.2. The number of nitrogens with zero attached hydrogens (tertiary/aromatic N) is 2. The maximum atomic E-state index is 12.2. The molecule has 2 aromatic rings. The van der Waals surface area contributed by atoms with Crippen molar-refractivity contribution in [3.8, 4) is 0 Å². The van der Waals surface area contributed by atoms with E-state index in [0.717, 1.165) is 0 Å². The van der Waals surface area contributed by atoms with Gasteiger partial charge >= 0.3 is 6.03 Å². The highest BCUT2D eigenvalue weighted by atomic mass is 16.2. The number of amides is 3. The van der Waals surface area contributed by atoms with Crippen LogP contribution < -0.4 is 21.3 Å². The average molecular weight is 342 g/mol. The summed E-state index contributed by atoms with van der Waals surface area (Å²) in [7, 11) is 0. The van der Waals surface area contributed by atoms with Gasteiger partial charge in [-0.05, 0) is 32.0 Å². The van der Waals surface area contributed by atoms with E-state index in [1.165, 1.54) is 0 Å². The van der Waals surface area contributed by atoms with E-state index in [1.54, 1.807) is 42.9 Å². The molecule has 2 rings (SSSR count). The first-order valence-electron chi connectivity index (χ1n) is 8.00. The molecule has 4 N–H and O–H groups in total. The number of carbonyl (C=O) groups excluding carboxylic acids is 2. The van der Waals surface area contributed by atoms with Gasteiger partial charge in [-0.25, -0.2) is 9.78 Å². The van der Waals surface area contributed by atoms with Gasteiger partial charge in [0.05, 0.1) is 6.20 Å². The Morgan fingerprint density at radius 2 is 2.00 bits per heavy atom. The van der Waals surface area contributed by atoms with Crippen molar-refractivity contribution in [1.82, 2.24) is 20.6 Å². The number of hydrogen-bond acceptors (Lipinski definition) is 5. The molecule has 1 heterocycles. The van der Waals surface area contributed by atoms with E-state index in [4.69, 9.17) is 0 Å². The predicted molar refractivity (Wildman–Crippen MR) is 96.6 cm³/mol. The highest BCUT2D eigenvalue weighted by Crippen LogP contribution is 2.10. The molecule has 0 atom stereocenters. The molecule has 0 aliphatic rings. The maximum absolute atomic E-state index is 12.2. The van der Waals surface area contributed by atoms with Crippen molar-refractivity contribution >= 4 is 23.4 Å². The van der Waals surface area contributed by atoms with Crippen molar-refractivity contribution in [2.45, 2.75) is 19.9 Å². The van der Waals surface area contributed by atoms with Crippen LogP contribution in [0, 0.1) is 0 Å². The third kappa shape index (κ3) is 6.46. The van der Waals surface area contributed by atoms with Crippen LogP contribution in [0.25, 0.3) is 0 Å². The minimum atomic E-state index is -0.305. The first-order valence-corrected chi connectivity index (χ1v) is 8.00. The first-order chi connectivity index (χ1) is 12.0. The Labute approximate surface area is 146 Å². The number of carbonyl (C=O) groups is 2. The van der Waals surface area contributed by atoms with Gasteiger partial charge in [-0.1, -0.05) is 6.07 Å². The van der Waals surface area contributed by atoms with Gasteiger partial charge in [-0.3, -0.25) is 9.78 Å². The van der Waals surface area contributed by atoms with E-state index >= 15 is 0 Å². The molecule has 132 valence electrons. The molecule has 1 aromatic heterocycles. The van der Waals surface area contributed by atoms with Crippen molar-refractivity contribution in [2.24, 2.45) is 0 Å². The van der Waals surface area contributed by atoms with Crippen molar-refractivity contribution in [3.05, 3.63) is 48.4 Å². The summed E-state index contributed by atoms with van der Waals surface area (Å²) in [5, 5.41) is 11.3. The van der Waals surface area contributed by atoms with Crippen LogP contribution in [0.3, 0.4) is 0 Å². The number of urea groups is 1. The Bertz CT molecular complexity index is 705. The molecule has 0 unspecified atom stereocenters. The molecular weight excluding hydrogens is 320 g/mol. The summed E-state index contributed by atoms with van der Waals surface area (Å²) < 4.78 is 0. The average Bonchev–Trinajstić information content (AvgIpc) is 2.59. The lowest BCUT2D eigenvalue weighted by atomic mass is 10.2. The standard InChI is InChI=1S/C17H22N6O2/c1-12(2)22-17(25)23-14-5-3-4-13(10-14)16(24)21-9-8-20-15-11-18-6-7-19-15/h3-7,10-12H,8-9H2,1-2H3,(H,19,20)(H,21,24)(H2,22,23,25). The Morgan fingerprint density at radius 1 is 1.16 bits per heavy atom. The molecule has 25 heavy (non-hydrogen) atoms. The number of rotatable bonds is 7. The monoisotopic (exact) mass is 342 g/mol. The van der Waals surface area contributed by atoms with E-state index in [-0.39, 0.29) is 18.0 Å². The van der Waals surface area contributed by atoms with E-state index in [9.17, 15) is 9.59 Å². The highest BCUT2D eigenvalue weighted by Gasteiger charge is 2.08. The summed E-state index contributed by atoms with van der Waals surface area (Å²) in [6.07, 6.45) is 4.80. The van der Waals surface area contributed by atoms with Gasteiger partial charge < -0.3 is 21.3 Å². The smallest absolute Gasteiger partial charge is 0.319 e. The lowest BCUT2D eigenvalue weighted by molar-refractivity contribution is 0.0955. The summed E-state index contributed by atoms with van der Waals surface area (Å²) in [6.45, 7) is 4.71. The third-order valence-corrected chi connectivity index (χ3v) is 3.08. The zero-order valence-corrected chi connectivity index (χ0v) is 14.2. The summed E-state index contributed by atoms with van der Waals surface area (Å²) >= 11 is 0. The van der Waals surface area contributed by atoms with Crippen LogP contribution in [0.15, 0.2) is 42.9 Å². The van der Waals surface area contributed by atoms with Crippen LogP contribution >= 0.6 is 0 Å². The Balaban J connectivity index is 1.81. The van der Waals surface area contributed by atoms with E-state index in [0.29, 0.717) is 30.2 Å². The summed E-state index contributed by atoms with van der Waals surface area (Å²) in [5.74, 6) is 0.438. The third-order valence-electron chi connectivity index (χ3n) is 3.08. The fourth-order valence-electron chi connectivity index (χ4n) is 2.03. The predicted octanol–water partition coefficient (Wildman–Crippen LogP) is 1.85. The van der Waals surface area contributed by atoms with E-state index in [2.05, 4.69) is 31.2 Å². The lowest BCUT2D eigenvalue weighted by Gasteiger charge is -2.11. The second-order valence-corrected chi connectivity index (χ2v) is 5.61. The Hall–Kier alpha value is -3.16. The first kappa shape index (κ1) is 18.2. The van der Waals surface area contributed by atoms with Gasteiger partial charge in [-0.2, -0.15) is 0 Å². The van der Waals surface area contributed by atoms with Gasteiger partial charge in [0.25, 0.3) is 5.91 Å². The Morgan fingerprint density at radius 3 is 2.72 bits per heavy atom. The Kier molecular flexibility index (Phi) is 6.70. The lowest BCUT2D eigenvalue weighted by Crippen LogP contribution is -2.34. The number of hydrogen-bond donors (Lipinski definition) is 4. The zero-order chi connectivity index (χ0) is 18.1.